The van der Waals surface area contributed by atoms with Crippen molar-refractivity contribution in [1.82, 2.24) is 14.8 Å². The summed E-state index contributed by atoms with van der Waals surface area (Å²) in [6.45, 7) is 10.1. The van der Waals surface area contributed by atoms with Gasteiger partial charge in [0.25, 0.3) is 0 Å². The van der Waals surface area contributed by atoms with E-state index in [0.29, 0.717) is 0 Å². The lowest BCUT2D eigenvalue weighted by atomic mass is 10.1. The largest absolute Gasteiger partial charge is 0.347 e. The third-order valence-corrected chi connectivity index (χ3v) is 4.81. The zero-order valence-electron chi connectivity index (χ0n) is 13.3. The van der Waals surface area contributed by atoms with Crippen molar-refractivity contribution in [2.24, 2.45) is 0 Å². The molecule has 2 aromatic rings. The molecule has 0 saturated carbocycles. The highest BCUT2D eigenvalue weighted by molar-refractivity contribution is 5.83. The van der Waals surface area contributed by atoms with Crippen molar-refractivity contribution < 1.29 is 0 Å². The Kier molecular flexibility index (Phi) is 4.61. The Balaban J connectivity index is 1.65. The van der Waals surface area contributed by atoms with Crippen LogP contribution in [0, 0.1) is 0 Å². The van der Waals surface area contributed by atoms with Crippen molar-refractivity contribution >= 4 is 10.9 Å². The molecule has 1 aliphatic heterocycles. The monoisotopic (exact) mass is 285 g/mol. The molecule has 1 aliphatic rings. The lowest BCUT2D eigenvalue weighted by Gasteiger charge is -2.22. The van der Waals surface area contributed by atoms with Gasteiger partial charge in [-0.1, -0.05) is 25.1 Å². The van der Waals surface area contributed by atoms with Crippen molar-refractivity contribution in [1.29, 1.82) is 0 Å². The molecule has 3 nitrogen and oxygen atoms in total. The number of nitrogens with zero attached hydrogens (tertiary/aromatic N) is 2. The maximum atomic E-state index is 3.68. The van der Waals surface area contributed by atoms with Gasteiger partial charge in [-0.25, -0.2) is 0 Å². The Morgan fingerprint density at radius 3 is 2.86 bits per heavy atom. The second kappa shape index (κ2) is 6.63. The average molecular weight is 285 g/mol. The molecular weight excluding hydrogens is 258 g/mol. The summed E-state index contributed by atoms with van der Waals surface area (Å²) in [5, 5.41) is 5.08. The number of fused-ring (bicyclic) bond motifs is 1. The first-order chi connectivity index (χ1) is 10.3. The van der Waals surface area contributed by atoms with Gasteiger partial charge >= 0.3 is 0 Å². The normalized spacial score (nSPS) is 19.6. The van der Waals surface area contributed by atoms with Crippen LogP contribution in [0.3, 0.4) is 0 Å². The summed E-state index contributed by atoms with van der Waals surface area (Å²) in [5.74, 6) is 0. The number of hydrogen-bond donors (Lipinski definition) is 1. The van der Waals surface area contributed by atoms with Crippen LogP contribution in [0.25, 0.3) is 10.9 Å². The van der Waals surface area contributed by atoms with Crippen LogP contribution >= 0.6 is 0 Å². The van der Waals surface area contributed by atoms with Crippen LogP contribution in [0.15, 0.2) is 30.5 Å². The molecule has 21 heavy (non-hydrogen) atoms. The minimum absolute atomic E-state index is 0.731. The highest BCUT2D eigenvalue weighted by atomic mass is 15.2. The highest BCUT2D eigenvalue weighted by Crippen LogP contribution is 2.21. The van der Waals surface area contributed by atoms with Gasteiger partial charge in [0.1, 0.15) is 0 Å². The molecule has 2 heterocycles. The Bertz CT molecular complexity index is 587. The topological polar surface area (TPSA) is 20.2 Å². The van der Waals surface area contributed by atoms with E-state index in [-0.39, 0.29) is 0 Å². The number of likely N-dealkylation sites (tertiary alicyclic amines) is 1. The Morgan fingerprint density at radius 2 is 2.05 bits per heavy atom. The first-order valence-corrected chi connectivity index (χ1v) is 8.35. The standard InChI is InChI=1S/C18H27N3/c1-3-20-11-7-8-16(20)13-19-12-15-14-21(4-2)18-10-6-5-9-17(15)18/h5-6,9-10,14,16,19H,3-4,7-8,11-13H2,1-2H3/t16-/m1/s1. The number of para-hydroxylation sites is 1. The van der Waals surface area contributed by atoms with Crippen LogP contribution < -0.4 is 5.32 Å². The summed E-state index contributed by atoms with van der Waals surface area (Å²) in [5.41, 5.74) is 2.78. The van der Waals surface area contributed by atoms with Crippen molar-refractivity contribution in [2.45, 2.75) is 45.8 Å². The number of hydrogen-bond acceptors (Lipinski definition) is 2. The number of rotatable bonds is 6. The van der Waals surface area contributed by atoms with Gasteiger partial charge < -0.3 is 9.88 Å². The van der Waals surface area contributed by atoms with Gasteiger partial charge in [-0.15, -0.1) is 0 Å². The van der Waals surface area contributed by atoms with Crippen molar-refractivity contribution in [3.63, 3.8) is 0 Å². The van der Waals surface area contributed by atoms with Gasteiger partial charge in [-0.3, -0.25) is 4.90 Å². The maximum Gasteiger partial charge on any atom is 0.0483 e. The van der Waals surface area contributed by atoms with E-state index in [4.69, 9.17) is 0 Å². The molecule has 3 heteroatoms. The van der Waals surface area contributed by atoms with Crippen molar-refractivity contribution in [3.05, 3.63) is 36.0 Å². The van der Waals surface area contributed by atoms with E-state index in [1.54, 1.807) is 0 Å². The second-order valence-electron chi connectivity index (χ2n) is 6.01. The summed E-state index contributed by atoms with van der Waals surface area (Å²) >= 11 is 0. The number of aryl methyl sites for hydroxylation is 1. The molecule has 1 aromatic heterocycles. The Morgan fingerprint density at radius 1 is 1.19 bits per heavy atom. The molecule has 1 fully saturated rings. The first kappa shape index (κ1) is 14.6. The lowest BCUT2D eigenvalue weighted by Crippen LogP contribution is -2.37. The minimum Gasteiger partial charge on any atom is -0.347 e. The minimum atomic E-state index is 0.731. The molecule has 0 radical (unpaired) electrons. The Hall–Kier alpha value is -1.32. The van der Waals surface area contributed by atoms with Gasteiger partial charge in [0.05, 0.1) is 0 Å². The van der Waals surface area contributed by atoms with E-state index >= 15 is 0 Å². The number of likely N-dealkylation sites (N-methyl/N-ethyl adjacent to an activating group) is 1. The van der Waals surface area contributed by atoms with Crippen LogP contribution in [0.5, 0.6) is 0 Å². The fourth-order valence-electron chi connectivity index (χ4n) is 3.64. The first-order valence-electron chi connectivity index (χ1n) is 8.35. The highest BCUT2D eigenvalue weighted by Gasteiger charge is 2.22. The molecule has 0 bridgehead atoms. The predicted molar refractivity (Wildman–Crippen MR) is 89.6 cm³/mol. The molecule has 0 spiro atoms. The molecule has 1 saturated heterocycles. The maximum absolute atomic E-state index is 3.68. The van der Waals surface area contributed by atoms with Gasteiger partial charge in [0, 0.05) is 42.8 Å². The average Bonchev–Trinajstić information content (AvgIpc) is 3.12. The van der Waals surface area contributed by atoms with Gasteiger partial charge in [0.2, 0.25) is 0 Å². The predicted octanol–water partition coefficient (Wildman–Crippen LogP) is 3.24. The van der Waals surface area contributed by atoms with Crippen LogP contribution in [-0.2, 0) is 13.1 Å². The molecule has 1 N–H and O–H groups in total. The SMILES string of the molecule is CCN1CCC[C@@H]1CNCc1cn(CC)c2ccccc12. The van der Waals surface area contributed by atoms with Gasteiger partial charge in [-0.05, 0) is 44.5 Å². The molecule has 3 rings (SSSR count). The fraction of sp³-hybridized carbons (Fsp3) is 0.556. The smallest absolute Gasteiger partial charge is 0.0483 e. The van der Waals surface area contributed by atoms with E-state index in [2.05, 4.69) is 59.1 Å². The van der Waals surface area contributed by atoms with Crippen LogP contribution in [-0.4, -0.2) is 35.1 Å². The fourth-order valence-corrected chi connectivity index (χ4v) is 3.64. The summed E-state index contributed by atoms with van der Waals surface area (Å²) < 4.78 is 2.35. The second-order valence-corrected chi connectivity index (χ2v) is 6.01. The number of aromatic nitrogens is 1. The molecule has 1 atom stereocenters. The van der Waals surface area contributed by atoms with Crippen molar-refractivity contribution in [2.75, 3.05) is 19.6 Å². The quantitative estimate of drug-likeness (QED) is 0.879. The summed E-state index contributed by atoms with van der Waals surface area (Å²) in [6.07, 6.45) is 5.01. The zero-order valence-corrected chi connectivity index (χ0v) is 13.3. The molecular formula is C18H27N3. The van der Waals surface area contributed by atoms with Crippen LogP contribution in [0.1, 0.15) is 32.3 Å². The van der Waals surface area contributed by atoms with E-state index in [0.717, 1.165) is 25.7 Å². The summed E-state index contributed by atoms with van der Waals surface area (Å²) in [4.78, 5) is 2.60. The number of nitrogens with one attached hydrogen (secondary N) is 1. The third-order valence-electron chi connectivity index (χ3n) is 4.81. The summed E-state index contributed by atoms with van der Waals surface area (Å²) in [7, 11) is 0. The zero-order chi connectivity index (χ0) is 14.7. The third kappa shape index (κ3) is 2.99. The lowest BCUT2D eigenvalue weighted by molar-refractivity contribution is 0.260. The van der Waals surface area contributed by atoms with Crippen LogP contribution in [0.4, 0.5) is 0 Å². The van der Waals surface area contributed by atoms with Crippen LogP contribution in [0.2, 0.25) is 0 Å². The molecule has 0 unspecified atom stereocenters. The van der Waals surface area contributed by atoms with E-state index < -0.39 is 0 Å². The van der Waals surface area contributed by atoms with E-state index in [1.165, 1.54) is 42.4 Å². The molecule has 1 aromatic carbocycles. The van der Waals surface area contributed by atoms with Gasteiger partial charge in [0.15, 0.2) is 0 Å². The Labute approximate surface area is 127 Å². The van der Waals surface area contributed by atoms with E-state index in [9.17, 15) is 0 Å². The number of benzene rings is 1. The molecule has 0 amide bonds. The van der Waals surface area contributed by atoms with Crippen molar-refractivity contribution in [3.8, 4) is 0 Å². The molecule has 0 aliphatic carbocycles. The molecule has 114 valence electrons. The summed E-state index contributed by atoms with van der Waals surface area (Å²) in [6, 6.07) is 9.46. The van der Waals surface area contributed by atoms with E-state index in [1.807, 2.05) is 0 Å². The van der Waals surface area contributed by atoms with Gasteiger partial charge in [-0.2, -0.15) is 0 Å².